The van der Waals surface area contributed by atoms with Gasteiger partial charge in [-0.15, -0.1) is 0 Å². The third-order valence-electron chi connectivity index (χ3n) is 2.44. The van der Waals surface area contributed by atoms with E-state index in [2.05, 4.69) is 27.9 Å². The summed E-state index contributed by atoms with van der Waals surface area (Å²) in [5, 5.41) is 3.05. The summed E-state index contributed by atoms with van der Waals surface area (Å²) < 4.78 is 14.2. The van der Waals surface area contributed by atoms with Crippen LogP contribution in [-0.4, -0.2) is 5.91 Å². The lowest BCUT2D eigenvalue weighted by Crippen LogP contribution is -2.12. The summed E-state index contributed by atoms with van der Waals surface area (Å²) in [6.07, 6.45) is 0. The Kier molecular flexibility index (Phi) is 4.26. The zero-order valence-corrected chi connectivity index (χ0v) is 12.5. The first-order valence-electron chi connectivity index (χ1n) is 5.29. The Morgan fingerprint density at radius 3 is 2.63 bits per heavy atom. The molecule has 0 bridgehead atoms. The molecule has 19 heavy (non-hydrogen) atoms. The molecule has 2 aromatic rings. The second-order valence-electron chi connectivity index (χ2n) is 3.81. The molecule has 0 aromatic heterocycles. The zero-order valence-electron chi connectivity index (χ0n) is 9.58. The monoisotopic (exact) mass is 390 g/mol. The number of carbonyl (C=O) groups is 1. The van der Waals surface area contributed by atoms with Gasteiger partial charge in [-0.05, 0) is 59.0 Å². The molecule has 3 N–H and O–H groups in total. The van der Waals surface area contributed by atoms with E-state index in [1.807, 2.05) is 6.07 Å². The minimum Gasteiger partial charge on any atom is -0.396 e. The molecule has 0 atom stereocenters. The number of nitrogens with two attached hydrogens (primary N) is 1. The van der Waals surface area contributed by atoms with Crippen molar-refractivity contribution in [3.8, 4) is 0 Å². The fourth-order valence-electron chi connectivity index (χ4n) is 1.45. The van der Waals surface area contributed by atoms with E-state index in [9.17, 15) is 9.18 Å². The first kappa shape index (κ1) is 14.1. The SMILES string of the molecule is Nc1ccc(C(=O)Nc2ccc(I)cc2Cl)cc1F. The molecule has 0 unspecified atom stereocenters. The van der Waals surface area contributed by atoms with Gasteiger partial charge in [-0.2, -0.15) is 0 Å². The Hall–Kier alpha value is -1.34. The van der Waals surface area contributed by atoms with Gasteiger partial charge in [0.2, 0.25) is 0 Å². The molecule has 0 saturated carbocycles. The lowest BCUT2D eigenvalue weighted by atomic mass is 10.2. The first-order chi connectivity index (χ1) is 8.97. The molecule has 2 aromatic carbocycles. The molecule has 0 aliphatic rings. The van der Waals surface area contributed by atoms with Crippen molar-refractivity contribution in [1.82, 2.24) is 0 Å². The number of rotatable bonds is 2. The van der Waals surface area contributed by atoms with Gasteiger partial charge in [-0.3, -0.25) is 4.79 Å². The minimum atomic E-state index is -0.624. The third-order valence-corrected chi connectivity index (χ3v) is 3.43. The number of anilines is 2. The smallest absolute Gasteiger partial charge is 0.255 e. The van der Waals surface area contributed by atoms with Crippen molar-refractivity contribution in [3.05, 3.63) is 56.4 Å². The van der Waals surface area contributed by atoms with Crippen LogP contribution < -0.4 is 11.1 Å². The third kappa shape index (κ3) is 3.36. The van der Waals surface area contributed by atoms with Crippen molar-refractivity contribution in [3.63, 3.8) is 0 Å². The highest BCUT2D eigenvalue weighted by Gasteiger charge is 2.10. The number of carbonyl (C=O) groups excluding carboxylic acids is 1. The number of amides is 1. The molecule has 0 fully saturated rings. The van der Waals surface area contributed by atoms with Crippen molar-refractivity contribution in [2.45, 2.75) is 0 Å². The van der Waals surface area contributed by atoms with E-state index in [0.717, 1.165) is 9.64 Å². The largest absolute Gasteiger partial charge is 0.396 e. The molecule has 0 spiro atoms. The summed E-state index contributed by atoms with van der Waals surface area (Å²) in [5.74, 6) is -1.07. The highest BCUT2D eigenvalue weighted by molar-refractivity contribution is 14.1. The van der Waals surface area contributed by atoms with Crippen LogP contribution in [0.25, 0.3) is 0 Å². The molecule has 0 heterocycles. The number of halogens is 3. The summed E-state index contributed by atoms with van der Waals surface area (Å²) in [4.78, 5) is 11.9. The van der Waals surface area contributed by atoms with Gasteiger partial charge in [0.05, 0.1) is 16.4 Å². The van der Waals surface area contributed by atoms with Gasteiger partial charge in [0.15, 0.2) is 0 Å². The average molecular weight is 391 g/mol. The predicted octanol–water partition coefficient (Wildman–Crippen LogP) is 3.92. The van der Waals surface area contributed by atoms with E-state index in [-0.39, 0.29) is 11.3 Å². The van der Waals surface area contributed by atoms with Gasteiger partial charge < -0.3 is 11.1 Å². The van der Waals surface area contributed by atoms with Gasteiger partial charge >= 0.3 is 0 Å². The summed E-state index contributed by atoms with van der Waals surface area (Å²) >= 11 is 8.12. The predicted molar refractivity (Wildman–Crippen MR) is 82.9 cm³/mol. The first-order valence-corrected chi connectivity index (χ1v) is 6.74. The van der Waals surface area contributed by atoms with Crippen LogP contribution in [0.4, 0.5) is 15.8 Å². The molecule has 0 saturated heterocycles. The Labute approximate surface area is 128 Å². The normalized spacial score (nSPS) is 10.3. The van der Waals surface area contributed by atoms with Crippen LogP contribution in [0.2, 0.25) is 5.02 Å². The van der Waals surface area contributed by atoms with Gasteiger partial charge in [0.1, 0.15) is 5.82 Å². The molecule has 98 valence electrons. The number of hydrogen-bond donors (Lipinski definition) is 2. The molecule has 0 radical (unpaired) electrons. The van der Waals surface area contributed by atoms with Crippen LogP contribution in [0, 0.1) is 9.39 Å². The van der Waals surface area contributed by atoms with Gasteiger partial charge in [-0.1, -0.05) is 11.6 Å². The summed E-state index contributed by atoms with van der Waals surface area (Å²) in [5.41, 5.74) is 6.02. The molecule has 3 nitrogen and oxygen atoms in total. The molecular formula is C13H9ClFIN2O. The maximum absolute atomic E-state index is 13.3. The quantitative estimate of drug-likeness (QED) is 0.603. The Morgan fingerprint density at radius 2 is 2.00 bits per heavy atom. The van der Waals surface area contributed by atoms with E-state index < -0.39 is 11.7 Å². The van der Waals surface area contributed by atoms with Crippen LogP contribution in [0.3, 0.4) is 0 Å². The lowest BCUT2D eigenvalue weighted by Gasteiger charge is -2.08. The molecule has 0 aliphatic heterocycles. The zero-order chi connectivity index (χ0) is 14.0. The van der Waals surface area contributed by atoms with E-state index in [1.54, 1.807) is 12.1 Å². The van der Waals surface area contributed by atoms with Crippen molar-refractivity contribution in [2.24, 2.45) is 0 Å². The fraction of sp³-hybridized carbons (Fsp3) is 0. The molecule has 6 heteroatoms. The second-order valence-corrected chi connectivity index (χ2v) is 5.47. The van der Waals surface area contributed by atoms with Gasteiger partial charge in [-0.25, -0.2) is 4.39 Å². The Morgan fingerprint density at radius 1 is 1.26 bits per heavy atom. The molecular weight excluding hydrogens is 382 g/mol. The lowest BCUT2D eigenvalue weighted by molar-refractivity contribution is 0.102. The minimum absolute atomic E-state index is 0.00356. The highest BCUT2D eigenvalue weighted by atomic mass is 127. The highest BCUT2D eigenvalue weighted by Crippen LogP contribution is 2.24. The average Bonchev–Trinajstić information content (AvgIpc) is 2.36. The van der Waals surface area contributed by atoms with Crippen LogP contribution in [-0.2, 0) is 0 Å². The summed E-state index contributed by atoms with van der Waals surface area (Å²) in [7, 11) is 0. The Balaban J connectivity index is 2.23. The molecule has 1 amide bonds. The summed E-state index contributed by atoms with van der Waals surface area (Å²) in [6.45, 7) is 0. The van der Waals surface area contributed by atoms with Crippen molar-refractivity contribution in [1.29, 1.82) is 0 Å². The van der Waals surface area contributed by atoms with Crippen molar-refractivity contribution in [2.75, 3.05) is 11.1 Å². The fourth-order valence-corrected chi connectivity index (χ4v) is 2.36. The number of benzene rings is 2. The maximum Gasteiger partial charge on any atom is 0.255 e. The van der Waals surface area contributed by atoms with Gasteiger partial charge in [0, 0.05) is 9.13 Å². The second kappa shape index (κ2) is 5.75. The van der Waals surface area contributed by atoms with E-state index >= 15 is 0 Å². The number of nitrogen functional groups attached to an aromatic ring is 1. The summed E-state index contributed by atoms with van der Waals surface area (Å²) in [6, 6.07) is 9.11. The van der Waals surface area contributed by atoms with E-state index in [4.69, 9.17) is 17.3 Å². The van der Waals surface area contributed by atoms with E-state index in [0.29, 0.717) is 10.7 Å². The molecule has 2 rings (SSSR count). The standard InChI is InChI=1S/C13H9ClFIN2O/c14-9-6-8(16)2-4-12(9)18-13(19)7-1-3-11(17)10(15)5-7/h1-6H,17H2,(H,18,19). The maximum atomic E-state index is 13.3. The number of nitrogens with one attached hydrogen (secondary N) is 1. The van der Waals surface area contributed by atoms with Crippen molar-refractivity contribution >= 4 is 51.5 Å². The van der Waals surface area contributed by atoms with Crippen LogP contribution in [0.15, 0.2) is 36.4 Å². The molecule has 0 aliphatic carbocycles. The van der Waals surface area contributed by atoms with E-state index in [1.165, 1.54) is 12.1 Å². The van der Waals surface area contributed by atoms with Crippen LogP contribution >= 0.6 is 34.2 Å². The topological polar surface area (TPSA) is 55.1 Å². The van der Waals surface area contributed by atoms with Crippen molar-refractivity contribution < 1.29 is 9.18 Å². The van der Waals surface area contributed by atoms with Crippen LogP contribution in [0.1, 0.15) is 10.4 Å². The van der Waals surface area contributed by atoms with Gasteiger partial charge in [0.25, 0.3) is 5.91 Å². The number of hydrogen-bond acceptors (Lipinski definition) is 2. The Bertz CT molecular complexity index is 649. The van der Waals surface area contributed by atoms with Crippen LogP contribution in [0.5, 0.6) is 0 Å².